The summed E-state index contributed by atoms with van der Waals surface area (Å²) in [4.78, 5) is 28.0. The summed E-state index contributed by atoms with van der Waals surface area (Å²) in [5.74, 6) is -0.369. The summed E-state index contributed by atoms with van der Waals surface area (Å²) in [6, 6.07) is 10.4. The van der Waals surface area contributed by atoms with E-state index < -0.39 is 17.2 Å². The van der Waals surface area contributed by atoms with Gasteiger partial charge in [-0.15, -0.1) is 0 Å². The molecule has 0 radical (unpaired) electrons. The molecule has 8 nitrogen and oxygen atoms in total. The van der Waals surface area contributed by atoms with Crippen LogP contribution in [0.4, 0.5) is 10.1 Å². The van der Waals surface area contributed by atoms with E-state index in [-0.39, 0.29) is 17.0 Å². The molecule has 0 bridgehead atoms. The fourth-order valence-corrected chi connectivity index (χ4v) is 4.24. The molecule has 1 amide bonds. The maximum atomic E-state index is 15.1. The van der Waals surface area contributed by atoms with Crippen molar-refractivity contribution in [1.82, 2.24) is 15.3 Å². The van der Waals surface area contributed by atoms with E-state index in [0.29, 0.717) is 30.0 Å². The number of hydrogen-bond acceptors (Lipinski definition) is 6. The predicted molar refractivity (Wildman–Crippen MR) is 130 cm³/mol. The molecule has 0 unspecified atom stereocenters. The first kappa shape index (κ1) is 22.1. The summed E-state index contributed by atoms with van der Waals surface area (Å²) in [5, 5.41) is 7.44. The number of amides is 1. The van der Waals surface area contributed by atoms with E-state index in [4.69, 9.17) is 4.74 Å². The minimum atomic E-state index is -0.627. The van der Waals surface area contributed by atoms with E-state index in [1.54, 1.807) is 43.6 Å². The van der Waals surface area contributed by atoms with Crippen molar-refractivity contribution in [1.29, 1.82) is 0 Å². The lowest BCUT2D eigenvalue weighted by Crippen LogP contribution is -2.43. The number of fused-ring (bicyclic) bond motifs is 1. The smallest absolute Gasteiger partial charge is 0.276 e. The summed E-state index contributed by atoms with van der Waals surface area (Å²) >= 11 is 0. The van der Waals surface area contributed by atoms with Gasteiger partial charge in [-0.3, -0.25) is 9.59 Å². The molecule has 0 atom stereocenters. The van der Waals surface area contributed by atoms with Crippen LogP contribution in [0.1, 0.15) is 34.8 Å². The molecule has 2 N–H and O–H groups in total. The van der Waals surface area contributed by atoms with Crippen molar-refractivity contribution in [2.24, 2.45) is 5.10 Å². The summed E-state index contributed by atoms with van der Waals surface area (Å²) in [6.45, 7) is 2.96. The quantitative estimate of drug-likeness (QED) is 0.434. The van der Waals surface area contributed by atoms with Gasteiger partial charge in [-0.05, 0) is 54.8 Å². The summed E-state index contributed by atoms with van der Waals surface area (Å²) < 4.78 is 22.1. The molecule has 176 valence electrons. The lowest BCUT2D eigenvalue weighted by molar-refractivity contribution is 0.0953. The highest BCUT2D eigenvalue weighted by atomic mass is 19.1. The number of benzene rings is 2. The van der Waals surface area contributed by atoms with E-state index >= 15 is 4.39 Å². The number of hydrogen-bond donors (Lipinski definition) is 2. The number of hydrazone groups is 1. The van der Waals surface area contributed by atoms with Crippen LogP contribution in [-0.2, 0) is 0 Å². The Kier molecular flexibility index (Phi) is 6.02. The number of pyridine rings is 1. The molecule has 1 saturated heterocycles. The lowest BCUT2D eigenvalue weighted by Gasteiger charge is -2.30. The number of carbonyl (C=O) groups is 1. The number of anilines is 1. The van der Waals surface area contributed by atoms with Crippen LogP contribution in [0.3, 0.4) is 0 Å². The lowest BCUT2D eigenvalue weighted by atomic mass is 10.1. The van der Waals surface area contributed by atoms with Gasteiger partial charge < -0.3 is 19.5 Å². The number of ether oxygens (including phenoxy) is 1. The van der Waals surface area contributed by atoms with Crippen LogP contribution < -0.4 is 25.8 Å². The molecule has 3 aromatic rings. The molecule has 5 rings (SSSR count). The predicted octanol–water partition coefficient (Wildman–Crippen LogP) is 2.66. The van der Waals surface area contributed by atoms with Crippen molar-refractivity contribution in [2.75, 3.05) is 38.2 Å². The van der Waals surface area contributed by atoms with E-state index in [1.165, 1.54) is 12.3 Å². The summed E-state index contributed by atoms with van der Waals surface area (Å²) in [7, 11) is 1.58. The van der Waals surface area contributed by atoms with Crippen molar-refractivity contribution in [3.05, 3.63) is 69.8 Å². The second-order valence-corrected chi connectivity index (χ2v) is 8.54. The zero-order chi connectivity index (χ0) is 23.7. The van der Waals surface area contributed by atoms with Crippen molar-refractivity contribution in [3.63, 3.8) is 0 Å². The van der Waals surface area contributed by atoms with Gasteiger partial charge in [-0.2, -0.15) is 5.10 Å². The van der Waals surface area contributed by atoms with Gasteiger partial charge in [0.15, 0.2) is 0 Å². The molecule has 2 heterocycles. The minimum Gasteiger partial charge on any atom is -0.497 e. The van der Waals surface area contributed by atoms with Crippen LogP contribution in [-0.4, -0.2) is 50.0 Å². The number of nitrogens with zero attached hydrogens (tertiary/aromatic N) is 3. The fourth-order valence-electron chi connectivity index (χ4n) is 4.24. The average Bonchev–Trinajstić information content (AvgIpc) is 3.70. The van der Waals surface area contributed by atoms with Gasteiger partial charge in [-0.1, -0.05) is 0 Å². The highest BCUT2D eigenvalue weighted by molar-refractivity contribution is 5.98. The molecule has 2 aromatic carbocycles. The second kappa shape index (κ2) is 9.26. The first-order valence-electron chi connectivity index (χ1n) is 11.4. The SMILES string of the molecule is COc1ccc(/C=N/NC(=O)c2cn(C3CC3)c3cc(N4CCNCC4)c(F)cc3c2=O)cc1. The van der Waals surface area contributed by atoms with Crippen molar-refractivity contribution in [2.45, 2.75) is 18.9 Å². The Morgan fingerprint density at radius 2 is 1.94 bits per heavy atom. The van der Waals surface area contributed by atoms with Gasteiger partial charge >= 0.3 is 0 Å². The molecule has 1 aliphatic carbocycles. The van der Waals surface area contributed by atoms with Gasteiger partial charge in [0.05, 0.1) is 24.5 Å². The maximum absolute atomic E-state index is 15.1. The Morgan fingerprint density at radius 1 is 1.21 bits per heavy atom. The van der Waals surface area contributed by atoms with Crippen LogP contribution in [0.2, 0.25) is 0 Å². The van der Waals surface area contributed by atoms with Crippen LogP contribution in [0.15, 0.2) is 52.5 Å². The molecule has 1 aliphatic heterocycles. The normalized spacial score (nSPS) is 16.2. The summed E-state index contributed by atoms with van der Waals surface area (Å²) in [5.41, 5.74) is 3.77. The average molecular weight is 464 g/mol. The number of rotatable bonds is 6. The third kappa shape index (κ3) is 4.38. The van der Waals surface area contributed by atoms with Gasteiger partial charge in [0, 0.05) is 43.8 Å². The second-order valence-electron chi connectivity index (χ2n) is 8.54. The van der Waals surface area contributed by atoms with Crippen molar-refractivity contribution < 1.29 is 13.9 Å². The van der Waals surface area contributed by atoms with Gasteiger partial charge in [0.2, 0.25) is 5.43 Å². The minimum absolute atomic E-state index is 0.0550. The van der Waals surface area contributed by atoms with Gasteiger partial charge in [-0.25, -0.2) is 9.82 Å². The number of aromatic nitrogens is 1. The molecule has 2 fully saturated rings. The molecular formula is C25H26FN5O3. The highest BCUT2D eigenvalue weighted by Crippen LogP contribution is 2.38. The first-order chi connectivity index (χ1) is 16.5. The van der Waals surface area contributed by atoms with Crippen LogP contribution in [0, 0.1) is 5.82 Å². The maximum Gasteiger partial charge on any atom is 0.276 e. The van der Waals surface area contributed by atoms with Crippen LogP contribution in [0.25, 0.3) is 10.9 Å². The van der Waals surface area contributed by atoms with E-state index in [0.717, 1.165) is 31.5 Å². The van der Waals surface area contributed by atoms with E-state index in [2.05, 4.69) is 15.8 Å². The molecule has 1 saturated carbocycles. The first-order valence-corrected chi connectivity index (χ1v) is 11.4. The van der Waals surface area contributed by atoms with Crippen molar-refractivity contribution in [3.8, 4) is 5.75 Å². The molecular weight excluding hydrogens is 437 g/mol. The monoisotopic (exact) mass is 463 g/mol. The van der Waals surface area contributed by atoms with Crippen LogP contribution in [0.5, 0.6) is 5.75 Å². The largest absolute Gasteiger partial charge is 0.497 e. The van der Waals surface area contributed by atoms with Crippen molar-refractivity contribution >= 4 is 28.7 Å². The third-order valence-electron chi connectivity index (χ3n) is 6.24. The molecule has 2 aliphatic rings. The topological polar surface area (TPSA) is 88.0 Å². The standard InChI is InChI=1S/C25H26FN5O3/c1-34-18-6-2-16(3-7-18)14-28-29-25(33)20-15-31(17-4-5-17)22-13-23(30-10-8-27-9-11-30)21(26)12-19(22)24(20)32/h2-3,6-7,12-15,17,27H,4-5,8-11H2,1H3,(H,29,33)/b28-14+. The Labute approximate surface area is 196 Å². The molecule has 0 spiro atoms. The number of halogens is 1. The fraction of sp³-hybridized carbons (Fsp3) is 0.320. The van der Waals surface area contributed by atoms with Crippen LogP contribution >= 0.6 is 0 Å². The zero-order valence-electron chi connectivity index (χ0n) is 18.9. The Morgan fingerprint density at radius 3 is 2.62 bits per heavy atom. The Balaban J connectivity index is 1.46. The van der Waals surface area contributed by atoms with E-state index in [9.17, 15) is 9.59 Å². The Hall–Kier alpha value is -3.72. The zero-order valence-corrected chi connectivity index (χ0v) is 18.9. The third-order valence-corrected chi connectivity index (χ3v) is 6.24. The molecule has 9 heteroatoms. The number of carbonyl (C=O) groups excluding carboxylic acids is 1. The number of methoxy groups -OCH3 is 1. The Bertz CT molecular complexity index is 1310. The number of nitrogens with one attached hydrogen (secondary N) is 2. The molecule has 34 heavy (non-hydrogen) atoms. The highest BCUT2D eigenvalue weighted by Gasteiger charge is 2.28. The van der Waals surface area contributed by atoms with Gasteiger partial charge in [0.25, 0.3) is 5.91 Å². The summed E-state index contributed by atoms with van der Waals surface area (Å²) in [6.07, 6.45) is 4.97. The van der Waals surface area contributed by atoms with Gasteiger partial charge in [0.1, 0.15) is 17.1 Å². The van der Waals surface area contributed by atoms with E-state index in [1.807, 2.05) is 9.47 Å². The number of piperazine rings is 1. The molecule has 1 aromatic heterocycles.